The first kappa shape index (κ1) is 23.7. The topological polar surface area (TPSA) is 94.8 Å². The molecule has 0 aromatic carbocycles. The largest absolute Gasteiger partial charge is 0.480 e. The molecule has 0 fully saturated rings. The Morgan fingerprint density at radius 1 is 1.50 bits per heavy atom. The first-order valence-electron chi connectivity index (χ1n) is 1.19. The van der Waals surface area contributed by atoms with Gasteiger partial charge in [0.05, 0.1) is 6.54 Å². The zero-order chi connectivity index (χ0) is 4.28. The first-order chi connectivity index (χ1) is 2.27. The number of nitrogens with two attached hydrogens (primary N) is 1. The lowest BCUT2D eigenvalue weighted by molar-refractivity contribution is -0.135. The Morgan fingerprint density at radius 3 is 1.62 bits per heavy atom. The van der Waals surface area contributed by atoms with Crippen LogP contribution in [0.15, 0.2) is 0 Å². The predicted molar refractivity (Wildman–Crippen MR) is 40.2 cm³/mol. The summed E-state index contributed by atoms with van der Waals surface area (Å²) in [7, 11) is 0. The van der Waals surface area contributed by atoms with Crippen molar-refractivity contribution in [1.82, 2.24) is 0 Å². The van der Waals surface area contributed by atoms with Gasteiger partial charge in [0.25, 0.3) is 0 Å². The van der Waals surface area contributed by atoms with Crippen LogP contribution < -0.4 is 5.73 Å². The van der Waals surface area contributed by atoms with Gasteiger partial charge in [-0.25, -0.2) is 0 Å². The maximum atomic E-state index is 9.24. The van der Waals surface area contributed by atoms with Gasteiger partial charge in [-0.05, 0) is 0 Å². The molecule has 50 valence electrons. The molecule has 0 saturated carbocycles. The van der Waals surface area contributed by atoms with Crippen molar-refractivity contribution in [3.05, 3.63) is 0 Å². The smallest absolute Gasteiger partial charge is 0.317 e. The van der Waals surface area contributed by atoms with E-state index >= 15 is 0 Å². The average Bonchev–Trinajstić information content (AvgIpc) is 1.38. The van der Waals surface area contributed by atoms with E-state index in [0.717, 1.165) is 0 Å². The zero-order valence-electron chi connectivity index (χ0n) is 3.14. The minimum Gasteiger partial charge on any atom is -0.480 e. The number of hydrogen-bond acceptors (Lipinski definition) is 2. The lowest BCUT2D eigenvalue weighted by Gasteiger charge is -1.73. The number of rotatable bonds is 1. The van der Waals surface area contributed by atoms with Gasteiger partial charge in [-0.3, -0.25) is 4.79 Å². The molecule has 0 aliphatic carbocycles. The fourth-order valence-electron chi connectivity index (χ4n) is 0. The summed E-state index contributed by atoms with van der Waals surface area (Å²) in [5, 5.41) is 7.60. The van der Waals surface area contributed by atoms with Gasteiger partial charge in [0, 0.05) is 0 Å². The van der Waals surface area contributed by atoms with E-state index in [1.165, 1.54) is 0 Å². The van der Waals surface area contributed by atoms with Crippen molar-refractivity contribution in [3.8, 4) is 0 Å². The molecule has 0 unspecified atom stereocenters. The molecule has 0 bridgehead atoms. The summed E-state index contributed by atoms with van der Waals surface area (Å²) < 4.78 is 0. The van der Waals surface area contributed by atoms with Crippen LogP contribution in [-0.2, 0) is 4.79 Å². The molecule has 8 heavy (non-hydrogen) atoms. The van der Waals surface area contributed by atoms with E-state index in [0.29, 0.717) is 0 Å². The first-order valence-corrected chi connectivity index (χ1v) is 1.19. The second-order valence-corrected chi connectivity index (χ2v) is 0.598. The van der Waals surface area contributed by atoms with Crippen LogP contribution in [0, 0.1) is 0 Å². The van der Waals surface area contributed by atoms with Gasteiger partial charge in [-0.1, -0.05) is 0 Å². The quantitative estimate of drug-likeness (QED) is 0.374. The van der Waals surface area contributed by atoms with Crippen LogP contribution in [0.1, 0.15) is 0 Å². The summed E-state index contributed by atoms with van der Waals surface area (Å²) in [4.78, 5) is 9.24. The Labute approximate surface area is 68.6 Å². The van der Waals surface area contributed by atoms with Gasteiger partial charge in [0.2, 0.25) is 0 Å². The van der Waals surface area contributed by atoms with Gasteiger partial charge in [0.15, 0.2) is 34.7 Å². The number of aliphatic carboxylic acids is 1. The molecular formula is C2H13Al2NO3. The molecule has 0 spiro atoms. The second kappa shape index (κ2) is 15.7. The molecule has 6 heteroatoms. The minimum absolute atomic E-state index is 0. The molecule has 0 rings (SSSR count). The fraction of sp³-hybridized carbons (Fsp3) is 0.500. The van der Waals surface area contributed by atoms with Crippen LogP contribution in [0.25, 0.3) is 0 Å². The van der Waals surface area contributed by atoms with Crippen molar-refractivity contribution >= 4 is 40.7 Å². The van der Waals surface area contributed by atoms with Gasteiger partial charge >= 0.3 is 5.97 Å². The number of carboxylic acids is 1. The molecule has 0 amide bonds. The van der Waals surface area contributed by atoms with Gasteiger partial charge in [-0.2, -0.15) is 0 Å². The molecule has 0 atom stereocenters. The second-order valence-electron chi connectivity index (χ2n) is 0.598. The number of carboxylic acid groups (broad SMARTS) is 1. The summed E-state index contributed by atoms with van der Waals surface area (Å²) >= 11 is 0. The third-order valence-electron chi connectivity index (χ3n) is 0.175. The molecular weight excluding hydrogens is 140 g/mol. The van der Waals surface area contributed by atoms with E-state index < -0.39 is 5.97 Å². The summed E-state index contributed by atoms with van der Waals surface area (Å²) in [6.45, 7) is -0.278. The molecule has 0 aromatic rings. The monoisotopic (exact) mass is 153 g/mol. The highest BCUT2D eigenvalue weighted by atomic mass is 27.0. The summed E-state index contributed by atoms with van der Waals surface area (Å²) in [5.74, 6) is -0.968. The van der Waals surface area contributed by atoms with Crippen LogP contribution >= 0.6 is 0 Å². The average molecular weight is 153 g/mol. The lowest BCUT2D eigenvalue weighted by Crippen LogP contribution is -2.10. The maximum Gasteiger partial charge on any atom is 0.317 e. The third-order valence-corrected chi connectivity index (χ3v) is 0.175. The molecule has 0 heterocycles. The molecule has 0 aliphatic rings. The van der Waals surface area contributed by atoms with E-state index in [2.05, 4.69) is 5.73 Å². The highest BCUT2D eigenvalue weighted by Gasteiger charge is 1.81. The summed E-state index contributed by atoms with van der Waals surface area (Å²) in [6, 6.07) is 0. The van der Waals surface area contributed by atoms with Crippen molar-refractivity contribution in [2.75, 3.05) is 6.54 Å². The van der Waals surface area contributed by atoms with Crippen molar-refractivity contribution in [3.63, 3.8) is 0 Å². The van der Waals surface area contributed by atoms with Crippen LogP contribution in [0.4, 0.5) is 0 Å². The summed E-state index contributed by atoms with van der Waals surface area (Å²) in [6.07, 6.45) is 0. The van der Waals surface area contributed by atoms with Gasteiger partial charge in [-0.15, -0.1) is 0 Å². The molecule has 0 saturated heterocycles. The standard InChI is InChI=1S/C2H5NO2.2Al.H2O.6H/c3-1-2(4)5;;;;;;;;;/h1,3H2,(H,4,5);;;1H2;;;;;;. The molecule has 0 aromatic heterocycles. The molecule has 0 aliphatic heterocycles. The Bertz CT molecular complexity index is 50.5. The molecule has 0 radical (unpaired) electrons. The minimum atomic E-state index is -0.968. The Hall–Kier alpha value is 0.455. The molecule has 4 nitrogen and oxygen atoms in total. The highest BCUT2D eigenvalue weighted by molar-refractivity contribution is 5.76. The van der Waals surface area contributed by atoms with Crippen molar-refractivity contribution < 1.29 is 15.4 Å². The van der Waals surface area contributed by atoms with E-state index in [-0.39, 0.29) is 46.7 Å². The van der Waals surface area contributed by atoms with Crippen molar-refractivity contribution in [1.29, 1.82) is 0 Å². The van der Waals surface area contributed by atoms with E-state index in [1.807, 2.05) is 0 Å². The SMILES string of the molecule is NCC(=O)O.O.[AlH3].[AlH3]. The van der Waals surface area contributed by atoms with Crippen LogP contribution in [-0.4, -0.2) is 57.8 Å². The number of hydrogen-bond donors (Lipinski definition) is 2. The Balaban J connectivity index is -0.0000000267. The zero-order valence-corrected chi connectivity index (χ0v) is 3.14. The number of carbonyl (C=O) groups is 1. The van der Waals surface area contributed by atoms with Gasteiger partial charge in [0.1, 0.15) is 0 Å². The highest BCUT2D eigenvalue weighted by Crippen LogP contribution is 1.43. The normalized spacial score (nSPS) is 4.62. The fourth-order valence-corrected chi connectivity index (χ4v) is 0. The maximum absolute atomic E-state index is 9.24. The van der Waals surface area contributed by atoms with Crippen LogP contribution in [0.3, 0.4) is 0 Å². The third kappa shape index (κ3) is 31.9. The van der Waals surface area contributed by atoms with Crippen molar-refractivity contribution in [2.45, 2.75) is 0 Å². The van der Waals surface area contributed by atoms with Gasteiger partial charge < -0.3 is 16.3 Å². The van der Waals surface area contributed by atoms with Crippen LogP contribution in [0.5, 0.6) is 0 Å². The van der Waals surface area contributed by atoms with E-state index in [9.17, 15) is 4.79 Å². The van der Waals surface area contributed by atoms with E-state index in [4.69, 9.17) is 5.11 Å². The predicted octanol–water partition coefficient (Wildman–Crippen LogP) is -4.16. The summed E-state index contributed by atoms with van der Waals surface area (Å²) in [5.41, 5.74) is 4.57. The van der Waals surface area contributed by atoms with E-state index in [1.54, 1.807) is 0 Å². The van der Waals surface area contributed by atoms with Crippen LogP contribution in [0.2, 0.25) is 0 Å². The lowest BCUT2D eigenvalue weighted by atomic mass is 10.7. The Kier molecular flexibility index (Phi) is 46.3. The van der Waals surface area contributed by atoms with Crippen molar-refractivity contribution in [2.24, 2.45) is 5.73 Å². The Morgan fingerprint density at radius 2 is 1.62 bits per heavy atom. The molecule has 5 N–H and O–H groups in total.